The first-order valence-corrected chi connectivity index (χ1v) is 4.77. The Morgan fingerprint density at radius 2 is 2.33 bits per heavy atom. The monoisotopic (exact) mass is 201 g/mol. The third-order valence-electron chi connectivity index (χ3n) is 2.21. The van der Waals surface area contributed by atoms with E-state index in [-0.39, 0.29) is 0 Å². The molecule has 0 aliphatic heterocycles. The zero-order valence-electron chi connectivity index (χ0n) is 8.42. The van der Waals surface area contributed by atoms with E-state index in [0.717, 1.165) is 24.1 Å². The number of rotatable bonds is 3. The summed E-state index contributed by atoms with van der Waals surface area (Å²) in [4.78, 5) is 14.6. The van der Waals surface area contributed by atoms with Gasteiger partial charge in [-0.2, -0.15) is 5.10 Å². The molecule has 0 spiro atoms. The molecule has 0 fully saturated rings. The Labute approximate surface area is 87.6 Å². The van der Waals surface area contributed by atoms with E-state index >= 15 is 0 Å². The second-order valence-electron chi connectivity index (χ2n) is 3.16. The number of aromatic nitrogens is 3. The summed E-state index contributed by atoms with van der Waals surface area (Å²) in [5.41, 5.74) is 2.48. The highest BCUT2D eigenvalue weighted by atomic mass is 16.1. The van der Waals surface area contributed by atoms with E-state index in [4.69, 9.17) is 0 Å². The molecule has 0 amide bonds. The van der Waals surface area contributed by atoms with Crippen LogP contribution < -0.4 is 0 Å². The van der Waals surface area contributed by atoms with Crippen molar-refractivity contribution in [3.63, 3.8) is 0 Å². The Hall–Kier alpha value is -1.97. The second-order valence-corrected chi connectivity index (χ2v) is 3.16. The predicted molar refractivity (Wildman–Crippen MR) is 56.5 cm³/mol. The van der Waals surface area contributed by atoms with Crippen molar-refractivity contribution in [2.24, 2.45) is 0 Å². The second kappa shape index (κ2) is 4.04. The lowest BCUT2D eigenvalue weighted by Crippen LogP contribution is -1.99. The van der Waals surface area contributed by atoms with Crippen molar-refractivity contribution < 1.29 is 4.79 Å². The Kier molecular flexibility index (Phi) is 2.58. The average molecular weight is 201 g/mol. The summed E-state index contributed by atoms with van der Waals surface area (Å²) in [5, 5.41) is 4.17. The molecule has 0 N–H and O–H groups in total. The lowest BCUT2D eigenvalue weighted by atomic mass is 10.1. The molecule has 15 heavy (non-hydrogen) atoms. The lowest BCUT2D eigenvalue weighted by molar-refractivity contribution is 0.112. The highest BCUT2D eigenvalue weighted by Crippen LogP contribution is 2.18. The van der Waals surface area contributed by atoms with Crippen molar-refractivity contribution in [3.05, 3.63) is 36.3 Å². The summed E-state index contributed by atoms with van der Waals surface area (Å²) in [6.45, 7) is 2.82. The van der Waals surface area contributed by atoms with Crippen LogP contribution in [0.2, 0.25) is 0 Å². The minimum Gasteiger partial charge on any atom is -0.298 e. The standard InChI is InChI=1S/C11H11N3O/c1-2-14-11(3-4-13-14)10-5-9(8-15)6-12-7-10/h3-8H,2H2,1H3. The van der Waals surface area contributed by atoms with Crippen LogP contribution >= 0.6 is 0 Å². The number of aldehydes is 1. The van der Waals surface area contributed by atoms with Crippen molar-refractivity contribution in [2.45, 2.75) is 13.5 Å². The number of aryl methyl sites for hydroxylation is 1. The molecule has 2 heterocycles. The first-order chi connectivity index (χ1) is 7.35. The van der Waals surface area contributed by atoms with Crippen LogP contribution in [0.25, 0.3) is 11.3 Å². The molecule has 2 aromatic rings. The van der Waals surface area contributed by atoms with Crippen LogP contribution in [0, 0.1) is 0 Å². The van der Waals surface area contributed by atoms with Crippen LogP contribution in [0.3, 0.4) is 0 Å². The van der Waals surface area contributed by atoms with Gasteiger partial charge in [-0.1, -0.05) is 0 Å². The molecule has 2 rings (SSSR count). The Balaban J connectivity index is 2.48. The van der Waals surface area contributed by atoms with Gasteiger partial charge in [0, 0.05) is 36.3 Å². The number of hydrogen-bond acceptors (Lipinski definition) is 3. The summed E-state index contributed by atoms with van der Waals surface area (Å²) in [6.07, 6.45) is 5.81. The van der Waals surface area contributed by atoms with Gasteiger partial charge < -0.3 is 0 Å². The topological polar surface area (TPSA) is 47.8 Å². The van der Waals surface area contributed by atoms with Gasteiger partial charge >= 0.3 is 0 Å². The van der Waals surface area contributed by atoms with E-state index in [9.17, 15) is 4.79 Å². The van der Waals surface area contributed by atoms with E-state index in [1.807, 2.05) is 23.7 Å². The average Bonchev–Trinajstić information content (AvgIpc) is 2.77. The highest BCUT2D eigenvalue weighted by molar-refractivity contribution is 5.77. The third kappa shape index (κ3) is 1.79. The fourth-order valence-electron chi connectivity index (χ4n) is 1.49. The maximum Gasteiger partial charge on any atom is 0.151 e. The predicted octanol–water partition coefficient (Wildman–Crippen LogP) is 1.78. The fraction of sp³-hybridized carbons (Fsp3) is 0.182. The molecule has 4 heteroatoms. The minimum atomic E-state index is 0.580. The lowest BCUT2D eigenvalue weighted by Gasteiger charge is -2.04. The number of carbonyl (C=O) groups excluding carboxylic acids is 1. The quantitative estimate of drug-likeness (QED) is 0.711. The van der Waals surface area contributed by atoms with Crippen molar-refractivity contribution >= 4 is 6.29 Å². The van der Waals surface area contributed by atoms with E-state index in [2.05, 4.69) is 10.1 Å². The van der Waals surface area contributed by atoms with Crippen LogP contribution in [0.1, 0.15) is 17.3 Å². The first-order valence-electron chi connectivity index (χ1n) is 4.77. The van der Waals surface area contributed by atoms with Crippen molar-refractivity contribution in [2.75, 3.05) is 0 Å². The molecule has 76 valence electrons. The van der Waals surface area contributed by atoms with E-state index in [0.29, 0.717) is 5.56 Å². The van der Waals surface area contributed by atoms with Crippen LogP contribution in [-0.2, 0) is 6.54 Å². The van der Waals surface area contributed by atoms with Gasteiger partial charge in [-0.25, -0.2) is 0 Å². The Bertz CT molecular complexity index is 476. The van der Waals surface area contributed by atoms with Gasteiger partial charge in [0.05, 0.1) is 5.69 Å². The summed E-state index contributed by atoms with van der Waals surface area (Å²) in [7, 11) is 0. The smallest absolute Gasteiger partial charge is 0.151 e. The van der Waals surface area contributed by atoms with Crippen molar-refractivity contribution in [1.82, 2.24) is 14.8 Å². The number of carbonyl (C=O) groups is 1. The molecule has 2 aromatic heterocycles. The number of pyridine rings is 1. The van der Waals surface area contributed by atoms with Crippen LogP contribution in [-0.4, -0.2) is 21.1 Å². The van der Waals surface area contributed by atoms with Crippen LogP contribution in [0.4, 0.5) is 0 Å². The van der Waals surface area contributed by atoms with Gasteiger partial charge in [0.2, 0.25) is 0 Å². The fourth-order valence-corrected chi connectivity index (χ4v) is 1.49. The van der Waals surface area contributed by atoms with E-state index < -0.39 is 0 Å². The molecule has 4 nitrogen and oxygen atoms in total. The van der Waals surface area contributed by atoms with Crippen molar-refractivity contribution in [1.29, 1.82) is 0 Å². The molecular formula is C11H11N3O. The molecular weight excluding hydrogens is 190 g/mol. The van der Waals surface area contributed by atoms with Gasteiger partial charge in [0.1, 0.15) is 0 Å². The molecule has 0 saturated heterocycles. The summed E-state index contributed by atoms with van der Waals surface area (Å²) in [5.74, 6) is 0. The molecule has 0 bridgehead atoms. The molecule has 0 aliphatic rings. The van der Waals surface area contributed by atoms with E-state index in [1.54, 1.807) is 18.6 Å². The van der Waals surface area contributed by atoms with E-state index in [1.165, 1.54) is 0 Å². The highest BCUT2D eigenvalue weighted by Gasteiger charge is 2.04. The molecule has 0 radical (unpaired) electrons. The normalized spacial score (nSPS) is 10.2. The number of hydrogen-bond donors (Lipinski definition) is 0. The van der Waals surface area contributed by atoms with Crippen LogP contribution in [0.5, 0.6) is 0 Å². The molecule has 0 saturated carbocycles. The maximum absolute atomic E-state index is 10.6. The van der Waals surface area contributed by atoms with Gasteiger partial charge in [-0.05, 0) is 19.1 Å². The number of nitrogens with zero attached hydrogens (tertiary/aromatic N) is 3. The SMILES string of the molecule is CCn1nccc1-c1cncc(C=O)c1. The minimum absolute atomic E-state index is 0.580. The maximum atomic E-state index is 10.6. The zero-order chi connectivity index (χ0) is 10.7. The molecule has 0 atom stereocenters. The van der Waals surface area contributed by atoms with Crippen molar-refractivity contribution in [3.8, 4) is 11.3 Å². The van der Waals surface area contributed by atoms with Gasteiger partial charge in [0.25, 0.3) is 0 Å². The van der Waals surface area contributed by atoms with Gasteiger partial charge in [-0.3, -0.25) is 14.5 Å². The first kappa shape index (κ1) is 9.58. The summed E-state index contributed by atoms with van der Waals surface area (Å²) >= 11 is 0. The molecule has 0 unspecified atom stereocenters. The van der Waals surface area contributed by atoms with Gasteiger partial charge in [0.15, 0.2) is 6.29 Å². The summed E-state index contributed by atoms with van der Waals surface area (Å²) in [6, 6.07) is 3.72. The largest absolute Gasteiger partial charge is 0.298 e. The molecule has 0 aliphatic carbocycles. The van der Waals surface area contributed by atoms with Gasteiger partial charge in [-0.15, -0.1) is 0 Å². The Morgan fingerprint density at radius 3 is 3.07 bits per heavy atom. The van der Waals surface area contributed by atoms with Crippen LogP contribution in [0.15, 0.2) is 30.7 Å². The molecule has 0 aromatic carbocycles. The summed E-state index contributed by atoms with van der Waals surface area (Å²) < 4.78 is 1.87. The zero-order valence-corrected chi connectivity index (χ0v) is 8.42. The Morgan fingerprint density at radius 1 is 1.47 bits per heavy atom. The third-order valence-corrected chi connectivity index (χ3v) is 2.21.